The van der Waals surface area contributed by atoms with Crippen LogP contribution in [-0.4, -0.2) is 7.11 Å². The van der Waals surface area contributed by atoms with E-state index in [4.69, 9.17) is 20.8 Å². The first-order valence-corrected chi connectivity index (χ1v) is 9.17. The molecule has 0 amide bonds. The SMILES string of the molecule is COc1ccc(-c2c(/C=C/c3ccccc3)c3cc(Cl)ccc3oc2=O)cc1. The number of methoxy groups -OCH3 is 1. The van der Waals surface area contributed by atoms with Crippen molar-refractivity contribution in [3.05, 3.63) is 99.4 Å². The van der Waals surface area contributed by atoms with E-state index in [1.54, 1.807) is 19.2 Å². The van der Waals surface area contributed by atoms with E-state index in [0.717, 1.165) is 27.8 Å². The topological polar surface area (TPSA) is 39.4 Å². The molecule has 0 unspecified atom stereocenters. The Balaban J connectivity index is 1.98. The summed E-state index contributed by atoms with van der Waals surface area (Å²) in [6, 6.07) is 22.5. The summed E-state index contributed by atoms with van der Waals surface area (Å²) in [5.74, 6) is 0.721. The summed E-state index contributed by atoms with van der Waals surface area (Å²) in [7, 11) is 1.61. The van der Waals surface area contributed by atoms with E-state index in [0.29, 0.717) is 16.2 Å². The van der Waals surface area contributed by atoms with Gasteiger partial charge in [-0.3, -0.25) is 0 Å². The van der Waals surface area contributed by atoms with E-state index in [1.807, 2.05) is 72.8 Å². The molecular weight excluding hydrogens is 372 g/mol. The summed E-state index contributed by atoms with van der Waals surface area (Å²) in [5.41, 5.74) is 3.15. The van der Waals surface area contributed by atoms with E-state index in [9.17, 15) is 4.79 Å². The van der Waals surface area contributed by atoms with Crippen LogP contribution in [0.2, 0.25) is 5.02 Å². The zero-order valence-corrected chi connectivity index (χ0v) is 15.9. The van der Waals surface area contributed by atoms with Crippen LogP contribution < -0.4 is 10.4 Å². The highest BCUT2D eigenvalue weighted by atomic mass is 35.5. The van der Waals surface area contributed by atoms with Crippen LogP contribution in [0.3, 0.4) is 0 Å². The Bertz CT molecular complexity index is 1210. The summed E-state index contributed by atoms with van der Waals surface area (Å²) in [4.78, 5) is 12.8. The molecule has 3 nitrogen and oxygen atoms in total. The molecule has 0 bridgehead atoms. The Kier molecular flexibility index (Phi) is 5.00. The van der Waals surface area contributed by atoms with Gasteiger partial charge in [-0.05, 0) is 41.5 Å². The molecular formula is C24H17ClO3. The van der Waals surface area contributed by atoms with E-state index in [2.05, 4.69) is 0 Å². The molecule has 1 heterocycles. The van der Waals surface area contributed by atoms with E-state index < -0.39 is 5.63 Å². The Morgan fingerprint density at radius 3 is 2.39 bits per heavy atom. The molecule has 3 aromatic carbocycles. The predicted molar refractivity (Wildman–Crippen MR) is 115 cm³/mol. The summed E-state index contributed by atoms with van der Waals surface area (Å²) >= 11 is 6.23. The smallest absolute Gasteiger partial charge is 0.344 e. The van der Waals surface area contributed by atoms with Crippen molar-refractivity contribution in [1.82, 2.24) is 0 Å². The maximum absolute atomic E-state index is 12.8. The average molecular weight is 389 g/mol. The minimum atomic E-state index is -0.396. The Morgan fingerprint density at radius 2 is 1.68 bits per heavy atom. The van der Waals surface area contributed by atoms with Crippen molar-refractivity contribution in [2.45, 2.75) is 0 Å². The van der Waals surface area contributed by atoms with E-state index >= 15 is 0 Å². The monoisotopic (exact) mass is 388 g/mol. The van der Waals surface area contributed by atoms with Crippen LogP contribution in [0.15, 0.2) is 82.0 Å². The molecule has 4 aromatic rings. The number of fused-ring (bicyclic) bond motifs is 1. The number of hydrogen-bond donors (Lipinski definition) is 0. The fraction of sp³-hybridized carbons (Fsp3) is 0.0417. The molecule has 0 aliphatic heterocycles. The first-order chi connectivity index (χ1) is 13.7. The quantitative estimate of drug-likeness (QED) is 0.385. The van der Waals surface area contributed by atoms with Crippen molar-refractivity contribution in [2.24, 2.45) is 0 Å². The largest absolute Gasteiger partial charge is 0.497 e. The van der Waals surface area contributed by atoms with Crippen molar-refractivity contribution in [3.8, 4) is 16.9 Å². The molecule has 0 N–H and O–H groups in total. The van der Waals surface area contributed by atoms with Crippen LogP contribution in [-0.2, 0) is 0 Å². The van der Waals surface area contributed by atoms with Crippen LogP contribution in [0, 0.1) is 0 Å². The Morgan fingerprint density at radius 1 is 0.929 bits per heavy atom. The zero-order chi connectivity index (χ0) is 19.5. The number of halogens is 1. The summed E-state index contributed by atoms with van der Waals surface area (Å²) < 4.78 is 10.8. The van der Waals surface area contributed by atoms with Gasteiger partial charge in [0.05, 0.1) is 12.7 Å². The second-order valence-electron chi connectivity index (χ2n) is 6.29. The lowest BCUT2D eigenvalue weighted by Gasteiger charge is -2.10. The number of hydrogen-bond acceptors (Lipinski definition) is 3. The zero-order valence-electron chi connectivity index (χ0n) is 15.2. The van der Waals surface area contributed by atoms with Gasteiger partial charge in [0.25, 0.3) is 0 Å². The van der Waals surface area contributed by atoms with Crippen LogP contribution in [0.25, 0.3) is 34.2 Å². The summed E-state index contributed by atoms with van der Waals surface area (Å²) in [6.07, 6.45) is 3.91. The molecule has 28 heavy (non-hydrogen) atoms. The Labute approximate surface area is 167 Å². The third-order valence-corrected chi connectivity index (χ3v) is 4.76. The van der Waals surface area contributed by atoms with Gasteiger partial charge in [-0.2, -0.15) is 0 Å². The highest BCUT2D eigenvalue weighted by Crippen LogP contribution is 2.31. The minimum absolute atomic E-state index is 0.396. The highest BCUT2D eigenvalue weighted by Gasteiger charge is 2.15. The molecule has 4 heteroatoms. The van der Waals surface area contributed by atoms with Crippen LogP contribution in [0.5, 0.6) is 5.75 Å². The third-order valence-electron chi connectivity index (χ3n) is 4.53. The Hall–Kier alpha value is -3.30. The lowest BCUT2D eigenvalue weighted by Crippen LogP contribution is -2.06. The molecule has 0 atom stereocenters. The maximum Gasteiger partial charge on any atom is 0.344 e. The van der Waals surface area contributed by atoms with Gasteiger partial charge >= 0.3 is 5.63 Å². The van der Waals surface area contributed by atoms with Crippen LogP contribution in [0.1, 0.15) is 11.1 Å². The van der Waals surface area contributed by atoms with Gasteiger partial charge in [0.15, 0.2) is 0 Å². The lowest BCUT2D eigenvalue weighted by atomic mass is 9.97. The average Bonchev–Trinajstić information content (AvgIpc) is 2.73. The molecule has 0 fully saturated rings. The molecule has 0 saturated carbocycles. The standard InChI is InChI=1S/C24H17ClO3/c1-27-19-11-8-17(9-12-19)23-20(13-7-16-5-3-2-4-6-16)21-15-18(25)10-14-22(21)28-24(23)26/h2-15H,1H3/b13-7+. The van der Waals surface area contributed by atoms with Crippen molar-refractivity contribution in [3.63, 3.8) is 0 Å². The van der Waals surface area contributed by atoms with Gasteiger partial charge < -0.3 is 9.15 Å². The number of rotatable bonds is 4. The maximum atomic E-state index is 12.8. The van der Waals surface area contributed by atoms with Crippen molar-refractivity contribution < 1.29 is 9.15 Å². The lowest BCUT2D eigenvalue weighted by molar-refractivity contribution is 0.415. The van der Waals surface area contributed by atoms with E-state index in [-0.39, 0.29) is 0 Å². The first-order valence-electron chi connectivity index (χ1n) is 8.79. The van der Waals surface area contributed by atoms with Crippen molar-refractivity contribution in [1.29, 1.82) is 0 Å². The molecule has 0 spiro atoms. The van der Waals surface area contributed by atoms with Gasteiger partial charge in [0.1, 0.15) is 11.3 Å². The normalized spacial score (nSPS) is 11.2. The molecule has 0 aliphatic carbocycles. The van der Waals surface area contributed by atoms with Crippen molar-refractivity contribution >= 4 is 34.7 Å². The first kappa shape index (κ1) is 18.1. The second-order valence-corrected chi connectivity index (χ2v) is 6.73. The molecule has 0 saturated heterocycles. The molecule has 4 rings (SSSR count). The van der Waals surface area contributed by atoms with Gasteiger partial charge in [0, 0.05) is 16.0 Å². The van der Waals surface area contributed by atoms with Crippen molar-refractivity contribution in [2.75, 3.05) is 7.11 Å². The molecule has 138 valence electrons. The van der Waals surface area contributed by atoms with Crippen LogP contribution >= 0.6 is 11.6 Å². The second kappa shape index (κ2) is 7.75. The fourth-order valence-corrected chi connectivity index (χ4v) is 3.32. The fourth-order valence-electron chi connectivity index (χ4n) is 3.15. The van der Waals surface area contributed by atoms with E-state index in [1.165, 1.54) is 0 Å². The predicted octanol–water partition coefficient (Wildman–Crippen LogP) is 6.29. The summed E-state index contributed by atoms with van der Waals surface area (Å²) in [6.45, 7) is 0. The van der Waals surface area contributed by atoms with Crippen LogP contribution in [0.4, 0.5) is 0 Å². The van der Waals surface area contributed by atoms with Gasteiger partial charge in [-0.25, -0.2) is 4.79 Å². The number of benzene rings is 3. The molecule has 0 aliphatic rings. The molecule has 0 radical (unpaired) electrons. The number of ether oxygens (including phenoxy) is 1. The van der Waals surface area contributed by atoms with Gasteiger partial charge in [-0.15, -0.1) is 0 Å². The van der Waals surface area contributed by atoms with Gasteiger partial charge in [0.2, 0.25) is 0 Å². The highest BCUT2D eigenvalue weighted by molar-refractivity contribution is 6.31. The summed E-state index contributed by atoms with van der Waals surface area (Å²) in [5, 5.41) is 1.36. The van der Waals surface area contributed by atoms with Gasteiger partial charge in [-0.1, -0.05) is 66.2 Å². The minimum Gasteiger partial charge on any atom is -0.497 e. The molecule has 1 aromatic heterocycles. The third kappa shape index (κ3) is 3.57.